The molecule has 1 aliphatic carbocycles. The van der Waals surface area contributed by atoms with E-state index in [9.17, 15) is 4.79 Å². The van der Waals surface area contributed by atoms with E-state index in [0.717, 1.165) is 12.8 Å². The van der Waals surface area contributed by atoms with Crippen LogP contribution in [0, 0.1) is 0 Å². The molecule has 3 N–H and O–H groups in total. The molecule has 0 aromatic heterocycles. The van der Waals surface area contributed by atoms with E-state index in [2.05, 4.69) is 5.32 Å². The molecule has 3 nitrogen and oxygen atoms in total. The van der Waals surface area contributed by atoms with Crippen molar-refractivity contribution in [2.45, 2.75) is 38.6 Å². The Hall–Kier alpha value is -0.990. The molecule has 0 spiro atoms. The number of nitrogens with two attached hydrogens (primary N) is 1. The molecule has 0 unspecified atom stereocenters. The van der Waals surface area contributed by atoms with Crippen LogP contribution in [-0.2, 0) is 4.79 Å². The zero-order chi connectivity index (χ0) is 8.97. The molecule has 1 rings (SSSR count). The Balaban J connectivity index is 2.30. The maximum atomic E-state index is 11.1. The van der Waals surface area contributed by atoms with Gasteiger partial charge in [-0.15, -0.1) is 0 Å². The van der Waals surface area contributed by atoms with Crippen LogP contribution in [0.5, 0.6) is 0 Å². The standard InChI is InChI=1S/C9H16N2O/c1-7(10)6-9(12)11-8-4-2-3-5-8/h6,8H,2-5,10H2,1H3,(H,11,12)/b7-6-. The predicted octanol–water partition coefficient (Wildman–Crippen LogP) is 0.908. The predicted molar refractivity (Wildman–Crippen MR) is 48.3 cm³/mol. The van der Waals surface area contributed by atoms with Gasteiger partial charge in [-0.1, -0.05) is 12.8 Å². The van der Waals surface area contributed by atoms with E-state index in [4.69, 9.17) is 5.73 Å². The van der Waals surface area contributed by atoms with Crippen molar-refractivity contribution in [1.29, 1.82) is 0 Å². The molecule has 0 heterocycles. The fraction of sp³-hybridized carbons (Fsp3) is 0.667. The summed E-state index contributed by atoms with van der Waals surface area (Å²) in [6.07, 6.45) is 6.14. The Morgan fingerprint density at radius 3 is 2.58 bits per heavy atom. The largest absolute Gasteiger partial charge is 0.402 e. The van der Waals surface area contributed by atoms with E-state index in [1.54, 1.807) is 6.92 Å². The highest BCUT2D eigenvalue weighted by atomic mass is 16.1. The highest BCUT2D eigenvalue weighted by Gasteiger charge is 2.15. The molecule has 12 heavy (non-hydrogen) atoms. The number of carbonyl (C=O) groups excluding carboxylic acids is 1. The van der Waals surface area contributed by atoms with Crippen molar-refractivity contribution in [3.8, 4) is 0 Å². The molecule has 1 saturated carbocycles. The van der Waals surface area contributed by atoms with Gasteiger partial charge >= 0.3 is 0 Å². The Bertz CT molecular complexity index is 189. The molecule has 0 aliphatic heterocycles. The van der Waals surface area contributed by atoms with Gasteiger partial charge in [-0.25, -0.2) is 0 Å². The van der Waals surface area contributed by atoms with Crippen LogP contribution in [0.3, 0.4) is 0 Å². The minimum Gasteiger partial charge on any atom is -0.402 e. The number of rotatable bonds is 2. The Kier molecular flexibility index (Phi) is 3.14. The third-order valence-corrected chi connectivity index (χ3v) is 2.06. The lowest BCUT2D eigenvalue weighted by molar-refractivity contribution is -0.117. The topological polar surface area (TPSA) is 55.1 Å². The van der Waals surface area contributed by atoms with Gasteiger partial charge in [-0.3, -0.25) is 4.79 Å². The molecule has 0 aromatic carbocycles. The number of nitrogens with one attached hydrogen (secondary N) is 1. The van der Waals surface area contributed by atoms with Crippen molar-refractivity contribution in [2.75, 3.05) is 0 Å². The molecule has 1 fully saturated rings. The molecule has 0 atom stereocenters. The van der Waals surface area contributed by atoms with Gasteiger partial charge in [-0.2, -0.15) is 0 Å². The maximum Gasteiger partial charge on any atom is 0.245 e. The summed E-state index contributed by atoms with van der Waals surface area (Å²) in [6.45, 7) is 1.72. The van der Waals surface area contributed by atoms with Gasteiger partial charge in [0, 0.05) is 17.8 Å². The van der Waals surface area contributed by atoms with Crippen molar-refractivity contribution in [3.05, 3.63) is 11.8 Å². The molecule has 0 saturated heterocycles. The van der Waals surface area contributed by atoms with Crippen LogP contribution in [0.1, 0.15) is 32.6 Å². The zero-order valence-corrected chi connectivity index (χ0v) is 7.47. The monoisotopic (exact) mass is 168 g/mol. The summed E-state index contributed by atoms with van der Waals surface area (Å²) in [5.74, 6) is -0.0538. The van der Waals surface area contributed by atoms with E-state index in [-0.39, 0.29) is 5.91 Å². The van der Waals surface area contributed by atoms with Crippen molar-refractivity contribution >= 4 is 5.91 Å². The number of hydrogen-bond donors (Lipinski definition) is 2. The normalized spacial score (nSPS) is 19.6. The molecule has 0 aromatic rings. The second-order valence-corrected chi connectivity index (χ2v) is 3.38. The van der Waals surface area contributed by atoms with E-state index in [1.165, 1.54) is 18.9 Å². The fourth-order valence-corrected chi connectivity index (χ4v) is 1.52. The SMILES string of the molecule is C/C(N)=C/C(=O)NC1CCCC1. The summed E-state index contributed by atoms with van der Waals surface area (Å²) in [5.41, 5.74) is 5.93. The van der Waals surface area contributed by atoms with Crippen LogP contribution in [0.25, 0.3) is 0 Å². The molecule has 68 valence electrons. The first kappa shape index (κ1) is 9.10. The lowest BCUT2D eigenvalue weighted by Gasteiger charge is -2.09. The second-order valence-electron chi connectivity index (χ2n) is 3.38. The Morgan fingerprint density at radius 2 is 2.08 bits per heavy atom. The third kappa shape index (κ3) is 2.95. The van der Waals surface area contributed by atoms with Crippen molar-refractivity contribution in [2.24, 2.45) is 5.73 Å². The first-order valence-corrected chi connectivity index (χ1v) is 4.43. The first-order chi connectivity index (χ1) is 5.68. The summed E-state index contributed by atoms with van der Waals surface area (Å²) in [6, 6.07) is 0.382. The fourth-order valence-electron chi connectivity index (χ4n) is 1.52. The van der Waals surface area contributed by atoms with Gasteiger partial charge in [-0.05, 0) is 19.8 Å². The van der Waals surface area contributed by atoms with E-state index >= 15 is 0 Å². The smallest absolute Gasteiger partial charge is 0.245 e. The van der Waals surface area contributed by atoms with Crippen molar-refractivity contribution < 1.29 is 4.79 Å². The van der Waals surface area contributed by atoms with Crippen LogP contribution < -0.4 is 11.1 Å². The highest BCUT2D eigenvalue weighted by molar-refractivity contribution is 5.88. The second kappa shape index (κ2) is 4.14. The molecule has 0 bridgehead atoms. The van der Waals surface area contributed by atoms with Crippen LogP contribution in [-0.4, -0.2) is 11.9 Å². The molecule has 1 aliphatic rings. The van der Waals surface area contributed by atoms with Gasteiger partial charge in [0.2, 0.25) is 5.91 Å². The Morgan fingerprint density at radius 1 is 1.50 bits per heavy atom. The molecule has 3 heteroatoms. The van der Waals surface area contributed by atoms with Crippen molar-refractivity contribution in [3.63, 3.8) is 0 Å². The highest BCUT2D eigenvalue weighted by Crippen LogP contribution is 2.17. The number of allylic oxidation sites excluding steroid dienone is 1. The third-order valence-electron chi connectivity index (χ3n) is 2.06. The van der Waals surface area contributed by atoms with Crippen LogP contribution in [0.15, 0.2) is 11.8 Å². The summed E-state index contributed by atoms with van der Waals surface area (Å²) < 4.78 is 0. The average molecular weight is 168 g/mol. The summed E-state index contributed by atoms with van der Waals surface area (Å²) in [7, 11) is 0. The van der Waals surface area contributed by atoms with Crippen LogP contribution >= 0.6 is 0 Å². The lowest BCUT2D eigenvalue weighted by atomic mass is 10.2. The van der Waals surface area contributed by atoms with Crippen LogP contribution in [0.4, 0.5) is 0 Å². The molecule has 0 radical (unpaired) electrons. The minimum atomic E-state index is -0.0538. The molecule has 1 amide bonds. The average Bonchev–Trinajstić information content (AvgIpc) is 2.37. The summed E-state index contributed by atoms with van der Waals surface area (Å²) in [4.78, 5) is 11.1. The zero-order valence-electron chi connectivity index (χ0n) is 7.47. The Labute approximate surface area is 73.0 Å². The van der Waals surface area contributed by atoms with E-state index in [1.807, 2.05) is 0 Å². The van der Waals surface area contributed by atoms with Gasteiger partial charge < -0.3 is 11.1 Å². The van der Waals surface area contributed by atoms with Gasteiger partial charge in [0.15, 0.2) is 0 Å². The van der Waals surface area contributed by atoms with Crippen LogP contribution in [0.2, 0.25) is 0 Å². The van der Waals surface area contributed by atoms with Gasteiger partial charge in [0.05, 0.1) is 0 Å². The summed E-state index contributed by atoms with van der Waals surface area (Å²) in [5, 5.41) is 2.91. The van der Waals surface area contributed by atoms with Gasteiger partial charge in [0.1, 0.15) is 0 Å². The molecular weight excluding hydrogens is 152 g/mol. The first-order valence-electron chi connectivity index (χ1n) is 4.43. The maximum absolute atomic E-state index is 11.1. The van der Waals surface area contributed by atoms with Gasteiger partial charge in [0.25, 0.3) is 0 Å². The minimum absolute atomic E-state index is 0.0538. The molecular formula is C9H16N2O. The number of hydrogen-bond acceptors (Lipinski definition) is 2. The summed E-state index contributed by atoms with van der Waals surface area (Å²) >= 11 is 0. The van der Waals surface area contributed by atoms with Crippen molar-refractivity contribution in [1.82, 2.24) is 5.32 Å². The van der Waals surface area contributed by atoms with E-state index in [0.29, 0.717) is 11.7 Å². The number of carbonyl (C=O) groups is 1. The van der Waals surface area contributed by atoms with E-state index < -0.39 is 0 Å². The number of amides is 1. The quantitative estimate of drug-likeness (QED) is 0.602. The lowest BCUT2D eigenvalue weighted by Crippen LogP contribution is -2.31.